The molecular weight excluding hydrogens is 227 g/mol. The molecule has 0 spiro atoms. The van der Waals surface area contributed by atoms with Gasteiger partial charge in [0.1, 0.15) is 5.82 Å². The van der Waals surface area contributed by atoms with E-state index in [1.54, 1.807) is 12.1 Å². The molecule has 0 bridgehead atoms. The molecule has 1 aromatic carbocycles. The maximum Gasteiger partial charge on any atom is 0.141 e. The van der Waals surface area contributed by atoms with Crippen molar-refractivity contribution in [1.82, 2.24) is 5.32 Å². The first-order valence-corrected chi connectivity index (χ1v) is 5.86. The Kier molecular flexibility index (Phi) is 5.74. The molecule has 1 unspecified atom stereocenters. The van der Waals surface area contributed by atoms with E-state index >= 15 is 0 Å². The number of halogens is 2. The summed E-state index contributed by atoms with van der Waals surface area (Å²) in [5.74, 6) is 0.183. The van der Waals surface area contributed by atoms with Crippen LogP contribution in [0.3, 0.4) is 0 Å². The van der Waals surface area contributed by atoms with Crippen molar-refractivity contribution in [3.8, 4) is 0 Å². The summed E-state index contributed by atoms with van der Waals surface area (Å²) < 4.78 is 12.9. The zero-order chi connectivity index (χ0) is 12.0. The van der Waals surface area contributed by atoms with E-state index in [-0.39, 0.29) is 10.8 Å². The van der Waals surface area contributed by atoms with Crippen LogP contribution in [0, 0.1) is 11.7 Å². The lowest BCUT2D eigenvalue weighted by Crippen LogP contribution is -2.22. The Balaban J connectivity index is 2.34. The van der Waals surface area contributed by atoms with Crippen molar-refractivity contribution in [2.75, 3.05) is 13.1 Å². The standard InChI is InChI=1S/C12H18ClFN2/c1-9(4-5-15)7-16-8-10-2-3-12(14)11(13)6-10/h2-3,6,9,16H,4-5,7-8,15H2,1H3. The van der Waals surface area contributed by atoms with E-state index in [0.29, 0.717) is 19.0 Å². The third-order valence-electron chi connectivity index (χ3n) is 2.47. The SMILES string of the molecule is CC(CCN)CNCc1ccc(F)c(Cl)c1. The van der Waals surface area contributed by atoms with E-state index in [0.717, 1.165) is 18.5 Å². The van der Waals surface area contributed by atoms with Crippen molar-refractivity contribution in [1.29, 1.82) is 0 Å². The minimum atomic E-state index is -0.373. The van der Waals surface area contributed by atoms with Crippen LogP contribution < -0.4 is 11.1 Å². The molecule has 0 saturated carbocycles. The highest BCUT2D eigenvalue weighted by Gasteiger charge is 2.02. The fraction of sp³-hybridized carbons (Fsp3) is 0.500. The normalized spacial score (nSPS) is 12.8. The first-order chi connectivity index (χ1) is 7.63. The first-order valence-electron chi connectivity index (χ1n) is 5.48. The lowest BCUT2D eigenvalue weighted by Gasteiger charge is -2.11. The minimum Gasteiger partial charge on any atom is -0.330 e. The first kappa shape index (κ1) is 13.4. The third-order valence-corrected chi connectivity index (χ3v) is 2.76. The number of nitrogens with one attached hydrogen (secondary N) is 1. The average Bonchev–Trinajstić information content (AvgIpc) is 2.24. The van der Waals surface area contributed by atoms with Crippen molar-refractivity contribution >= 4 is 11.6 Å². The van der Waals surface area contributed by atoms with Gasteiger partial charge in [-0.15, -0.1) is 0 Å². The van der Waals surface area contributed by atoms with Gasteiger partial charge in [0.2, 0.25) is 0 Å². The fourth-order valence-corrected chi connectivity index (χ4v) is 1.70. The van der Waals surface area contributed by atoms with Crippen LogP contribution in [0.2, 0.25) is 5.02 Å². The van der Waals surface area contributed by atoms with Crippen molar-refractivity contribution in [3.63, 3.8) is 0 Å². The van der Waals surface area contributed by atoms with E-state index < -0.39 is 0 Å². The quantitative estimate of drug-likeness (QED) is 0.807. The Hall–Kier alpha value is -0.640. The molecule has 1 aromatic rings. The van der Waals surface area contributed by atoms with Crippen molar-refractivity contribution in [3.05, 3.63) is 34.6 Å². The van der Waals surface area contributed by atoms with Gasteiger partial charge < -0.3 is 11.1 Å². The molecule has 1 atom stereocenters. The summed E-state index contributed by atoms with van der Waals surface area (Å²) in [6, 6.07) is 4.78. The van der Waals surface area contributed by atoms with Gasteiger partial charge in [0.25, 0.3) is 0 Å². The molecule has 0 radical (unpaired) electrons. The molecule has 0 fully saturated rings. The molecule has 3 N–H and O–H groups in total. The molecule has 4 heteroatoms. The molecule has 0 aliphatic heterocycles. The molecule has 16 heavy (non-hydrogen) atoms. The molecule has 2 nitrogen and oxygen atoms in total. The molecule has 0 aromatic heterocycles. The highest BCUT2D eigenvalue weighted by atomic mass is 35.5. The van der Waals surface area contributed by atoms with Crippen molar-refractivity contribution < 1.29 is 4.39 Å². The molecule has 0 saturated heterocycles. The van der Waals surface area contributed by atoms with E-state index in [1.807, 2.05) is 0 Å². The van der Waals surface area contributed by atoms with E-state index in [1.165, 1.54) is 6.07 Å². The Bertz CT molecular complexity index is 331. The summed E-state index contributed by atoms with van der Waals surface area (Å²) in [5, 5.41) is 3.47. The maximum atomic E-state index is 12.9. The summed E-state index contributed by atoms with van der Waals surface area (Å²) in [6.45, 7) is 4.48. The van der Waals surface area contributed by atoms with Crippen LogP contribution in [0.4, 0.5) is 4.39 Å². The van der Waals surface area contributed by atoms with Crippen molar-refractivity contribution in [2.24, 2.45) is 11.7 Å². The van der Waals surface area contributed by atoms with Gasteiger partial charge in [-0.1, -0.05) is 24.6 Å². The van der Waals surface area contributed by atoms with Crippen LogP contribution in [-0.4, -0.2) is 13.1 Å². The third kappa shape index (κ3) is 4.47. The van der Waals surface area contributed by atoms with E-state index in [2.05, 4.69) is 12.2 Å². The topological polar surface area (TPSA) is 38.0 Å². The Morgan fingerprint density at radius 2 is 2.25 bits per heavy atom. The minimum absolute atomic E-state index is 0.175. The van der Waals surface area contributed by atoms with Crippen LogP contribution >= 0.6 is 11.6 Å². The lowest BCUT2D eigenvalue weighted by atomic mass is 10.1. The van der Waals surface area contributed by atoms with Gasteiger partial charge in [-0.05, 0) is 43.1 Å². The molecule has 0 aliphatic rings. The van der Waals surface area contributed by atoms with Gasteiger partial charge in [-0.2, -0.15) is 0 Å². The summed E-state index contributed by atoms with van der Waals surface area (Å²) in [5.41, 5.74) is 6.45. The molecule has 0 amide bonds. The fourth-order valence-electron chi connectivity index (χ4n) is 1.50. The van der Waals surface area contributed by atoms with Gasteiger partial charge >= 0.3 is 0 Å². The van der Waals surface area contributed by atoms with Crippen molar-refractivity contribution in [2.45, 2.75) is 19.9 Å². The number of hydrogen-bond acceptors (Lipinski definition) is 2. The lowest BCUT2D eigenvalue weighted by molar-refractivity contribution is 0.486. The number of benzene rings is 1. The Labute approximate surface area is 101 Å². The van der Waals surface area contributed by atoms with Gasteiger partial charge in [0.05, 0.1) is 5.02 Å². The van der Waals surface area contributed by atoms with Crippen LogP contribution in [0.15, 0.2) is 18.2 Å². The summed E-state index contributed by atoms with van der Waals surface area (Å²) in [6.07, 6.45) is 1.01. The predicted octanol–water partition coefficient (Wildman–Crippen LogP) is 2.55. The highest BCUT2D eigenvalue weighted by Crippen LogP contribution is 2.15. The molecule has 1 rings (SSSR count). The van der Waals surface area contributed by atoms with E-state index in [4.69, 9.17) is 17.3 Å². The second-order valence-electron chi connectivity index (χ2n) is 4.06. The average molecular weight is 245 g/mol. The second-order valence-corrected chi connectivity index (χ2v) is 4.47. The molecular formula is C12H18ClFN2. The second kappa shape index (κ2) is 6.84. The van der Waals surface area contributed by atoms with Crippen LogP contribution in [-0.2, 0) is 6.54 Å². The molecule has 0 heterocycles. The predicted molar refractivity (Wildman–Crippen MR) is 66.0 cm³/mol. The van der Waals surface area contributed by atoms with E-state index in [9.17, 15) is 4.39 Å². The number of rotatable bonds is 6. The Morgan fingerprint density at radius 3 is 2.88 bits per heavy atom. The zero-order valence-electron chi connectivity index (χ0n) is 9.47. The maximum absolute atomic E-state index is 12.9. The van der Waals surface area contributed by atoms with Crippen LogP contribution in [0.1, 0.15) is 18.9 Å². The monoisotopic (exact) mass is 244 g/mol. The van der Waals surface area contributed by atoms with Gasteiger partial charge in [-0.3, -0.25) is 0 Å². The summed E-state index contributed by atoms with van der Waals surface area (Å²) in [7, 11) is 0. The highest BCUT2D eigenvalue weighted by molar-refractivity contribution is 6.30. The van der Waals surface area contributed by atoms with Gasteiger partial charge in [-0.25, -0.2) is 4.39 Å². The van der Waals surface area contributed by atoms with Gasteiger partial charge in [0.15, 0.2) is 0 Å². The number of hydrogen-bond donors (Lipinski definition) is 2. The Morgan fingerprint density at radius 1 is 1.50 bits per heavy atom. The van der Waals surface area contributed by atoms with Gasteiger partial charge in [0, 0.05) is 6.54 Å². The molecule has 0 aliphatic carbocycles. The largest absolute Gasteiger partial charge is 0.330 e. The molecule has 90 valence electrons. The number of nitrogens with two attached hydrogens (primary N) is 1. The van der Waals surface area contributed by atoms with Crippen LogP contribution in [0.5, 0.6) is 0 Å². The summed E-state index contributed by atoms with van der Waals surface area (Å²) in [4.78, 5) is 0. The smallest absolute Gasteiger partial charge is 0.141 e. The van der Waals surface area contributed by atoms with Crippen LogP contribution in [0.25, 0.3) is 0 Å². The summed E-state index contributed by atoms with van der Waals surface area (Å²) >= 11 is 5.69. The zero-order valence-corrected chi connectivity index (χ0v) is 10.2.